The molecule has 160 valence electrons. The molecule has 0 saturated carbocycles. The van der Waals surface area contributed by atoms with Crippen molar-refractivity contribution >= 4 is 15.8 Å². The maximum absolute atomic E-state index is 12.1. The first-order chi connectivity index (χ1) is 13.1. The number of nitrogens with zero attached hydrogens (tertiary/aromatic N) is 1. The van der Waals surface area contributed by atoms with E-state index in [1.54, 1.807) is 12.1 Å². The molecule has 1 aromatic carbocycles. The molecule has 7 nitrogen and oxygen atoms in total. The first kappa shape index (κ1) is 24.0. The van der Waals surface area contributed by atoms with Gasteiger partial charge in [-0.3, -0.25) is 0 Å². The van der Waals surface area contributed by atoms with E-state index in [4.69, 9.17) is 4.74 Å². The van der Waals surface area contributed by atoms with Gasteiger partial charge in [0.15, 0.2) is 12.6 Å². The molecular weight excluding hydrogens is 399 g/mol. The van der Waals surface area contributed by atoms with Gasteiger partial charge in [-0.1, -0.05) is 12.1 Å². The van der Waals surface area contributed by atoms with Crippen LogP contribution in [0.2, 0.25) is 0 Å². The Kier molecular flexibility index (Phi) is 10.1. The molecule has 2 N–H and O–H groups in total. The molecule has 0 amide bonds. The Labute approximate surface area is 163 Å². The Morgan fingerprint density at radius 1 is 1.14 bits per heavy atom. The quantitative estimate of drug-likeness (QED) is 0.319. The van der Waals surface area contributed by atoms with Crippen molar-refractivity contribution in [3.63, 3.8) is 0 Å². The van der Waals surface area contributed by atoms with E-state index in [9.17, 15) is 21.6 Å². The normalized spacial score (nSPS) is 12.7. The zero-order chi connectivity index (χ0) is 21.0. The van der Waals surface area contributed by atoms with Gasteiger partial charge in [0.25, 0.3) is 0 Å². The van der Waals surface area contributed by atoms with Crippen molar-refractivity contribution in [1.82, 2.24) is 10.6 Å². The molecule has 1 aromatic rings. The van der Waals surface area contributed by atoms with Crippen LogP contribution in [0.4, 0.5) is 13.2 Å². The summed E-state index contributed by atoms with van der Waals surface area (Å²) in [6.07, 6.45) is -3.22. The van der Waals surface area contributed by atoms with Crippen LogP contribution in [0.5, 0.6) is 5.75 Å². The zero-order valence-corrected chi connectivity index (χ0v) is 16.7. The molecule has 0 atom stereocenters. The molecule has 0 aliphatic carbocycles. The fraction of sp³-hybridized carbons (Fsp3) is 0.588. The number of aliphatic imine (C=N–C) groups is 1. The molecule has 0 aliphatic heterocycles. The Morgan fingerprint density at radius 2 is 1.82 bits per heavy atom. The number of rotatable bonds is 11. The summed E-state index contributed by atoms with van der Waals surface area (Å²) < 4.78 is 68.3. The summed E-state index contributed by atoms with van der Waals surface area (Å²) >= 11 is 0. The van der Waals surface area contributed by atoms with Crippen LogP contribution >= 0.6 is 0 Å². The number of guanidine groups is 1. The van der Waals surface area contributed by atoms with Crippen molar-refractivity contribution in [3.8, 4) is 5.75 Å². The van der Waals surface area contributed by atoms with Gasteiger partial charge in [0.1, 0.15) is 15.6 Å². The van der Waals surface area contributed by atoms with Gasteiger partial charge >= 0.3 is 6.18 Å². The van der Waals surface area contributed by atoms with Crippen molar-refractivity contribution < 1.29 is 31.1 Å². The maximum atomic E-state index is 12.1. The van der Waals surface area contributed by atoms with Gasteiger partial charge in [-0.25, -0.2) is 13.4 Å². The van der Waals surface area contributed by atoms with Crippen molar-refractivity contribution in [3.05, 3.63) is 29.8 Å². The summed E-state index contributed by atoms with van der Waals surface area (Å²) in [4.78, 5) is 4.38. The molecule has 0 saturated heterocycles. The second-order valence-corrected chi connectivity index (χ2v) is 8.17. The van der Waals surface area contributed by atoms with E-state index < -0.39 is 22.6 Å². The van der Waals surface area contributed by atoms with Crippen molar-refractivity contribution in [2.75, 3.05) is 44.9 Å². The SMILES string of the molecule is CCNC(=NCc1ccc(OCC(F)(F)F)cc1)NCCOCCS(C)(=O)=O. The number of hydrogen-bond donors (Lipinski definition) is 2. The third-order valence-corrected chi connectivity index (χ3v) is 4.14. The Balaban J connectivity index is 2.42. The van der Waals surface area contributed by atoms with Gasteiger partial charge in [0.2, 0.25) is 0 Å². The molecule has 0 bridgehead atoms. The van der Waals surface area contributed by atoms with E-state index in [0.29, 0.717) is 32.2 Å². The van der Waals surface area contributed by atoms with Crippen LogP contribution in [0.3, 0.4) is 0 Å². The zero-order valence-electron chi connectivity index (χ0n) is 15.9. The Bertz CT molecular complexity index is 707. The highest BCUT2D eigenvalue weighted by Gasteiger charge is 2.28. The molecule has 0 unspecified atom stereocenters. The van der Waals surface area contributed by atoms with Crippen LogP contribution in [0.1, 0.15) is 12.5 Å². The number of benzene rings is 1. The summed E-state index contributed by atoms with van der Waals surface area (Å²) in [5.41, 5.74) is 0.806. The third kappa shape index (κ3) is 12.4. The van der Waals surface area contributed by atoms with E-state index in [-0.39, 0.29) is 18.1 Å². The van der Waals surface area contributed by atoms with Crippen LogP contribution in [0.25, 0.3) is 0 Å². The lowest BCUT2D eigenvalue weighted by atomic mass is 10.2. The van der Waals surface area contributed by atoms with Crippen LogP contribution in [0.15, 0.2) is 29.3 Å². The third-order valence-electron chi connectivity index (χ3n) is 3.23. The maximum Gasteiger partial charge on any atom is 0.422 e. The monoisotopic (exact) mass is 425 g/mol. The van der Waals surface area contributed by atoms with Gasteiger partial charge in [0, 0.05) is 19.3 Å². The first-order valence-corrected chi connectivity index (χ1v) is 10.7. The van der Waals surface area contributed by atoms with Crippen LogP contribution in [-0.4, -0.2) is 65.5 Å². The number of nitrogens with one attached hydrogen (secondary N) is 2. The minimum absolute atomic E-state index is 0.0240. The fourth-order valence-electron chi connectivity index (χ4n) is 1.92. The molecule has 0 radical (unpaired) electrons. The number of sulfone groups is 1. The van der Waals surface area contributed by atoms with Crippen LogP contribution in [0, 0.1) is 0 Å². The second kappa shape index (κ2) is 11.7. The molecule has 0 fully saturated rings. The van der Waals surface area contributed by atoms with Gasteiger partial charge in [-0.2, -0.15) is 13.2 Å². The van der Waals surface area contributed by atoms with Gasteiger partial charge < -0.3 is 20.1 Å². The molecule has 11 heteroatoms. The van der Waals surface area contributed by atoms with Gasteiger partial charge in [0.05, 0.1) is 25.5 Å². The summed E-state index contributed by atoms with van der Waals surface area (Å²) in [7, 11) is -3.04. The second-order valence-electron chi connectivity index (χ2n) is 5.91. The van der Waals surface area contributed by atoms with Crippen molar-refractivity contribution in [1.29, 1.82) is 0 Å². The average molecular weight is 425 g/mol. The van der Waals surface area contributed by atoms with Gasteiger partial charge in [-0.05, 0) is 24.6 Å². The Hall–Kier alpha value is -2.01. The van der Waals surface area contributed by atoms with E-state index in [1.165, 1.54) is 12.1 Å². The predicted octanol–water partition coefficient (Wildman–Crippen LogP) is 1.74. The van der Waals surface area contributed by atoms with E-state index in [0.717, 1.165) is 11.8 Å². The molecule has 0 aromatic heterocycles. The molecule has 0 spiro atoms. The minimum atomic E-state index is -4.37. The van der Waals surface area contributed by atoms with E-state index in [2.05, 4.69) is 20.4 Å². The smallest absolute Gasteiger partial charge is 0.422 e. The van der Waals surface area contributed by atoms with E-state index in [1.807, 2.05) is 6.92 Å². The highest BCUT2D eigenvalue weighted by molar-refractivity contribution is 7.90. The van der Waals surface area contributed by atoms with Crippen molar-refractivity contribution in [2.24, 2.45) is 4.99 Å². The average Bonchev–Trinajstić information content (AvgIpc) is 2.60. The Morgan fingerprint density at radius 3 is 2.39 bits per heavy atom. The minimum Gasteiger partial charge on any atom is -0.484 e. The first-order valence-electron chi connectivity index (χ1n) is 8.65. The highest BCUT2D eigenvalue weighted by Crippen LogP contribution is 2.19. The largest absolute Gasteiger partial charge is 0.484 e. The van der Waals surface area contributed by atoms with Crippen molar-refractivity contribution in [2.45, 2.75) is 19.6 Å². The summed E-state index contributed by atoms with van der Waals surface area (Å²) in [5, 5.41) is 6.11. The standard InChI is InChI=1S/C17H26F3N3O4S/c1-3-21-16(22-8-9-26-10-11-28(2,24)25)23-12-14-4-6-15(7-5-14)27-13-17(18,19)20/h4-7H,3,8-13H2,1-2H3,(H2,21,22,23). The van der Waals surface area contributed by atoms with E-state index >= 15 is 0 Å². The molecule has 0 aliphatic rings. The number of ether oxygens (including phenoxy) is 2. The van der Waals surface area contributed by atoms with Gasteiger partial charge in [-0.15, -0.1) is 0 Å². The molecular formula is C17H26F3N3O4S. The summed E-state index contributed by atoms with van der Waals surface area (Å²) in [5.74, 6) is 0.664. The summed E-state index contributed by atoms with van der Waals surface area (Å²) in [6, 6.07) is 6.22. The number of halogens is 3. The lowest BCUT2D eigenvalue weighted by molar-refractivity contribution is -0.153. The molecule has 28 heavy (non-hydrogen) atoms. The predicted molar refractivity (Wildman–Crippen MR) is 101 cm³/mol. The summed E-state index contributed by atoms with van der Waals surface area (Å²) in [6.45, 7) is 2.45. The highest BCUT2D eigenvalue weighted by atomic mass is 32.2. The molecule has 1 rings (SSSR count). The number of hydrogen-bond acceptors (Lipinski definition) is 5. The topological polar surface area (TPSA) is 89.0 Å². The van der Waals surface area contributed by atoms with Crippen LogP contribution in [-0.2, 0) is 21.1 Å². The lowest BCUT2D eigenvalue weighted by Gasteiger charge is -2.12. The van der Waals surface area contributed by atoms with Crippen LogP contribution < -0.4 is 15.4 Å². The molecule has 0 heterocycles. The fourth-order valence-corrected chi connectivity index (χ4v) is 2.34. The number of alkyl halides is 3. The lowest BCUT2D eigenvalue weighted by Crippen LogP contribution is -2.39.